The zero-order valence-electron chi connectivity index (χ0n) is 41.0. The standard InChI is InChI=1S/C53H67N9O6S/c1-31(2)45(58-51(65)66)49(63)60-25-9-11-41(60)47-54-27-39(56-47)33-13-17-35(18-14-33)43-29-69-30-44(62(43)38-23-21-37(22-24-38)53(5,6)7)36-19-15-34(16-20-36)40-28-55-48(57-40)42-12-10-26-61(42)50(64)46(32(3)4)59-52(67)68-8/h13-24,27-28,31-32,41-46,58H,9-12,25-26,29-30H2,1-8H3,(H,54,56)(H,55,57)(H,59,67)(H,65,66)/t41-,42-,43+,44+,45-,46-/m0/s1. The Labute approximate surface area is 409 Å². The summed E-state index contributed by atoms with van der Waals surface area (Å²) in [5.74, 6) is 2.58. The van der Waals surface area contributed by atoms with E-state index in [1.54, 1.807) is 4.90 Å². The highest BCUT2D eigenvalue weighted by Gasteiger charge is 2.40. The van der Waals surface area contributed by atoms with E-state index >= 15 is 0 Å². The van der Waals surface area contributed by atoms with Gasteiger partial charge in [-0.3, -0.25) is 9.59 Å². The van der Waals surface area contributed by atoms with E-state index in [4.69, 9.17) is 14.7 Å². The van der Waals surface area contributed by atoms with E-state index in [0.717, 1.165) is 71.2 Å². The van der Waals surface area contributed by atoms with Crippen LogP contribution in [0.3, 0.4) is 0 Å². The topological polar surface area (TPSA) is 189 Å². The van der Waals surface area contributed by atoms with Gasteiger partial charge < -0.3 is 45.1 Å². The van der Waals surface area contributed by atoms with Crippen LogP contribution >= 0.6 is 11.8 Å². The van der Waals surface area contributed by atoms with E-state index in [9.17, 15) is 24.3 Å². The van der Waals surface area contributed by atoms with Crippen molar-refractivity contribution in [3.63, 3.8) is 0 Å². The molecule has 0 saturated carbocycles. The Balaban J connectivity index is 1.02. The van der Waals surface area contributed by atoms with Crippen molar-refractivity contribution in [2.45, 2.75) is 116 Å². The van der Waals surface area contributed by atoms with E-state index in [-0.39, 0.29) is 53.2 Å². The molecule has 0 aliphatic carbocycles. The largest absolute Gasteiger partial charge is 0.465 e. The highest BCUT2D eigenvalue weighted by Crippen LogP contribution is 2.45. The van der Waals surface area contributed by atoms with Crippen LogP contribution < -0.4 is 15.5 Å². The summed E-state index contributed by atoms with van der Waals surface area (Å²) in [6, 6.07) is 24.6. The second kappa shape index (κ2) is 20.7. The Bertz CT molecular complexity index is 2590. The van der Waals surface area contributed by atoms with Gasteiger partial charge in [-0.1, -0.05) is 109 Å². The normalized spacial score (nSPS) is 20.6. The van der Waals surface area contributed by atoms with Crippen LogP contribution in [0.4, 0.5) is 15.3 Å². The molecule has 15 nitrogen and oxygen atoms in total. The van der Waals surface area contributed by atoms with Gasteiger partial charge >= 0.3 is 12.2 Å². The van der Waals surface area contributed by atoms with E-state index in [0.29, 0.717) is 18.9 Å². The van der Waals surface area contributed by atoms with Crippen LogP contribution in [0, 0.1) is 11.8 Å². The van der Waals surface area contributed by atoms with Gasteiger partial charge in [0.2, 0.25) is 11.8 Å². The number of carbonyl (C=O) groups is 4. The fourth-order valence-corrected chi connectivity index (χ4v) is 11.4. The van der Waals surface area contributed by atoms with E-state index < -0.39 is 24.3 Å². The fraction of sp³-hybridized carbons (Fsp3) is 0.472. The fourth-order valence-electron chi connectivity index (χ4n) is 10.1. The van der Waals surface area contributed by atoms with Crippen LogP contribution in [0.5, 0.6) is 0 Å². The minimum atomic E-state index is -1.21. The Kier molecular flexibility index (Phi) is 14.8. The lowest BCUT2D eigenvalue weighted by molar-refractivity contribution is -0.136. The molecule has 16 heteroatoms. The van der Waals surface area contributed by atoms with Crippen LogP contribution in [-0.2, 0) is 19.7 Å². The number of aromatic amines is 2. The van der Waals surface area contributed by atoms with Crippen molar-refractivity contribution in [1.29, 1.82) is 0 Å². The van der Waals surface area contributed by atoms with Gasteiger partial charge in [-0.2, -0.15) is 11.8 Å². The Morgan fingerprint density at radius 1 is 0.681 bits per heavy atom. The first-order valence-electron chi connectivity index (χ1n) is 24.2. The molecule has 3 saturated heterocycles. The molecule has 0 bridgehead atoms. The molecule has 366 valence electrons. The van der Waals surface area contributed by atoms with Gasteiger partial charge in [-0.25, -0.2) is 19.6 Å². The molecule has 0 radical (unpaired) electrons. The quantitative estimate of drug-likeness (QED) is 0.0760. The molecule has 3 aromatic carbocycles. The summed E-state index contributed by atoms with van der Waals surface area (Å²) in [6.07, 6.45) is 5.15. The average molecular weight is 958 g/mol. The number of imidazole rings is 2. The third kappa shape index (κ3) is 10.7. The highest BCUT2D eigenvalue weighted by molar-refractivity contribution is 7.99. The summed E-state index contributed by atoms with van der Waals surface area (Å²) in [4.78, 5) is 73.9. The van der Waals surface area contributed by atoms with Crippen molar-refractivity contribution >= 4 is 41.5 Å². The number of benzene rings is 3. The minimum absolute atomic E-state index is 0.0163. The lowest BCUT2D eigenvalue weighted by Crippen LogP contribution is -2.51. The number of nitrogens with zero attached hydrogens (tertiary/aromatic N) is 5. The van der Waals surface area contributed by atoms with Crippen LogP contribution in [0.15, 0.2) is 85.2 Å². The Morgan fingerprint density at radius 3 is 1.54 bits per heavy atom. The number of carboxylic acid groups (broad SMARTS) is 1. The Morgan fingerprint density at radius 2 is 1.13 bits per heavy atom. The third-order valence-corrected chi connectivity index (χ3v) is 15.0. The maximum absolute atomic E-state index is 13.8. The summed E-state index contributed by atoms with van der Waals surface area (Å²) in [5.41, 5.74) is 8.39. The molecule has 3 fully saturated rings. The maximum Gasteiger partial charge on any atom is 0.407 e. The number of carbonyl (C=O) groups excluding carboxylic acids is 3. The molecule has 5 heterocycles. The summed E-state index contributed by atoms with van der Waals surface area (Å²) >= 11 is 1.95. The van der Waals surface area contributed by atoms with Crippen LogP contribution in [0.1, 0.15) is 127 Å². The number of alkyl carbamates (subject to hydrolysis) is 1. The predicted octanol–water partition coefficient (Wildman–Crippen LogP) is 9.80. The number of anilines is 1. The molecule has 0 unspecified atom stereocenters. The maximum atomic E-state index is 13.8. The van der Waals surface area contributed by atoms with Gasteiger partial charge in [0.15, 0.2) is 0 Å². The first kappa shape index (κ1) is 49.1. The molecule has 5 aromatic rings. The molecule has 6 atom stereocenters. The van der Waals surface area contributed by atoms with Crippen molar-refractivity contribution in [3.8, 4) is 22.5 Å². The molecule has 5 N–H and O–H groups in total. The van der Waals surface area contributed by atoms with E-state index in [1.165, 1.54) is 23.8 Å². The average Bonchev–Trinajstić information content (AvgIpc) is 4.19. The number of rotatable bonds is 13. The van der Waals surface area contributed by atoms with Crippen LogP contribution in [-0.4, -0.2) is 103 Å². The number of hydrogen-bond donors (Lipinski definition) is 5. The minimum Gasteiger partial charge on any atom is -0.465 e. The first-order chi connectivity index (χ1) is 33.0. The molecule has 2 aromatic heterocycles. The van der Waals surface area contributed by atoms with Crippen molar-refractivity contribution in [3.05, 3.63) is 114 Å². The molecule has 8 rings (SSSR count). The SMILES string of the molecule is COC(=O)N[C@H](C(=O)N1CCC[C@H]1c1nc(-c2ccc([C@H]3CSC[C@H](c4ccc(-c5c[nH]c([C@@H]6CCCN6C(=O)[C@@H](NC(=O)O)C(C)C)n5)cc4)N3c3ccc(C(C)(C)C)cc3)cc2)c[nH]1)C(C)C. The van der Waals surface area contributed by atoms with Crippen molar-refractivity contribution in [2.24, 2.45) is 11.8 Å². The van der Waals surface area contributed by atoms with Gasteiger partial charge in [0, 0.05) is 53.8 Å². The van der Waals surface area contributed by atoms with Crippen LogP contribution in [0.25, 0.3) is 22.5 Å². The number of methoxy groups -OCH3 is 1. The van der Waals surface area contributed by atoms with E-state index in [2.05, 4.69) is 119 Å². The monoisotopic (exact) mass is 957 g/mol. The lowest BCUT2D eigenvalue weighted by atomic mass is 9.87. The van der Waals surface area contributed by atoms with Crippen LogP contribution in [0.2, 0.25) is 0 Å². The zero-order chi connectivity index (χ0) is 49.1. The zero-order valence-corrected chi connectivity index (χ0v) is 41.8. The second-order valence-corrected chi connectivity index (χ2v) is 21.3. The number of thioether (sulfide) groups is 1. The summed E-state index contributed by atoms with van der Waals surface area (Å²) in [7, 11) is 1.30. The predicted molar refractivity (Wildman–Crippen MR) is 270 cm³/mol. The number of ether oxygens (including phenoxy) is 1. The van der Waals surface area contributed by atoms with Gasteiger partial charge in [0.1, 0.15) is 23.7 Å². The second-order valence-electron chi connectivity index (χ2n) is 20.3. The van der Waals surface area contributed by atoms with Crippen molar-refractivity contribution in [2.75, 3.05) is 36.6 Å². The first-order valence-corrected chi connectivity index (χ1v) is 25.4. The number of amides is 4. The molecule has 0 spiro atoms. The molecule has 3 aliphatic heterocycles. The number of hydrogen-bond acceptors (Lipinski definition) is 9. The molecule has 4 amide bonds. The number of nitrogens with one attached hydrogen (secondary N) is 4. The molecular weight excluding hydrogens is 891 g/mol. The smallest absolute Gasteiger partial charge is 0.407 e. The molecular formula is C53H67N9O6S. The number of aromatic nitrogens is 4. The summed E-state index contributed by atoms with van der Waals surface area (Å²) in [6.45, 7) is 15.4. The summed E-state index contributed by atoms with van der Waals surface area (Å²) in [5, 5.41) is 14.6. The van der Waals surface area contributed by atoms with Crippen molar-refractivity contribution in [1.82, 2.24) is 40.4 Å². The number of H-pyrrole nitrogens is 2. The Hall–Kier alpha value is -6.29. The van der Waals surface area contributed by atoms with E-state index in [1.807, 2.05) is 56.8 Å². The third-order valence-electron chi connectivity index (χ3n) is 13.9. The van der Waals surface area contributed by atoms with Crippen molar-refractivity contribution < 1.29 is 29.0 Å². The highest BCUT2D eigenvalue weighted by atomic mass is 32.2. The lowest BCUT2D eigenvalue weighted by Gasteiger charge is -2.44. The number of likely N-dealkylation sites (tertiary alicyclic amines) is 2. The molecule has 69 heavy (non-hydrogen) atoms. The summed E-state index contributed by atoms with van der Waals surface area (Å²) < 4.78 is 4.81. The molecule has 3 aliphatic rings. The van der Waals surface area contributed by atoms with Gasteiger partial charge in [0.25, 0.3) is 0 Å². The van der Waals surface area contributed by atoms with Gasteiger partial charge in [-0.15, -0.1) is 0 Å². The van der Waals surface area contributed by atoms with Gasteiger partial charge in [-0.05, 0) is 71.8 Å². The van der Waals surface area contributed by atoms with Gasteiger partial charge in [0.05, 0.1) is 42.7 Å².